The average Bonchev–Trinajstić information content (AvgIpc) is 2.73. The van der Waals surface area contributed by atoms with Gasteiger partial charge in [0.05, 0.1) is 0 Å². The zero-order chi connectivity index (χ0) is 11.7. The summed E-state index contributed by atoms with van der Waals surface area (Å²) in [6.45, 7) is 6.56. The first-order chi connectivity index (χ1) is 8.33. The minimum atomic E-state index is 0.795. The van der Waals surface area contributed by atoms with E-state index in [2.05, 4.69) is 22.2 Å². The van der Waals surface area contributed by atoms with Gasteiger partial charge in [-0.2, -0.15) is 0 Å². The lowest BCUT2D eigenvalue weighted by Gasteiger charge is -2.36. The first kappa shape index (κ1) is 11.9. The summed E-state index contributed by atoms with van der Waals surface area (Å²) >= 11 is 0. The Kier molecular flexibility index (Phi) is 3.69. The Morgan fingerprint density at radius 1 is 1.06 bits per heavy atom. The van der Waals surface area contributed by atoms with Crippen LogP contribution in [-0.4, -0.2) is 61.7 Å². The molecule has 0 aromatic rings. The quantitative estimate of drug-likeness (QED) is 0.794. The molecule has 4 unspecified atom stereocenters. The summed E-state index contributed by atoms with van der Waals surface area (Å²) in [7, 11) is 2.30. The largest absolute Gasteiger partial charge is 0.312 e. The molecule has 0 spiro atoms. The number of likely N-dealkylation sites (N-methyl/N-ethyl adjacent to an activating group) is 1. The van der Waals surface area contributed by atoms with E-state index in [1.54, 1.807) is 0 Å². The number of piperidine rings is 2. The standard InChI is InChI=1S/C14H27N3/c1-16-7-3-2-4-13(16)10-15-14-6-9-17-8-5-12(14)11-17/h12-15H,2-11H2,1H3. The zero-order valence-electron chi connectivity index (χ0n) is 11.2. The molecule has 0 aromatic carbocycles. The first-order valence-electron chi connectivity index (χ1n) is 7.49. The Bertz CT molecular complexity index is 256. The number of hydrogen-bond acceptors (Lipinski definition) is 3. The molecule has 0 radical (unpaired) electrons. The molecule has 3 fully saturated rings. The molecule has 3 aliphatic rings. The van der Waals surface area contributed by atoms with Crippen LogP contribution < -0.4 is 5.32 Å². The van der Waals surface area contributed by atoms with Gasteiger partial charge in [0.15, 0.2) is 0 Å². The van der Waals surface area contributed by atoms with Crippen molar-refractivity contribution in [3.63, 3.8) is 0 Å². The fourth-order valence-electron chi connectivity index (χ4n) is 3.91. The van der Waals surface area contributed by atoms with E-state index in [1.807, 2.05) is 0 Å². The van der Waals surface area contributed by atoms with Crippen LogP contribution in [0.15, 0.2) is 0 Å². The summed E-state index contributed by atoms with van der Waals surface area (Å²) in [5.74, 6) is 0.942. The Morgan fingerprint density at radius 3 is 2.82 bits per heavy atom. The van der Waals surface area contributed by atoms with Gasteiger partial charge in [0, 0.05) is 25.2 Å². The normalized spacial score (nSPS) is 42.9. The van der Waals surface area contributed by atoms with Gasteiger partial charge in [-0.1, -0.05) is 6.42 Å². The van der Waals surface area contributed by atoms with Crippen molar-refractivity contribution in [1.29, 1.82) is 0 Å². The molecule has 0 saturated carbocycles. The number of rotatable bonds is 3. The lowest BCUT2D eigenvalue weighted by Crippen LogP contribution is -2.50. The molecule has 0 aliphatic carbocycles. The van der Waals surface area contributed by atoms with Crippen LogP contribution in [-0.2, 0) is 0 Å². The van der Waals surface area contributed by atoms with Gasteiger partial charge in [-0.3, -0.25) is 0 Å². The Morgan fingerprint density at radius 2 is 1.94 bits per heavy atom. The zero-order valence-corrected chi connectivity index (χ0v) is 11.2. The molecule has 3 aliphatic heterocycles. The topological polar surface area (TPSA) is 18.5 Å². The summed E-state index contributed by atoms with van der Waals surface area (Å²) in [4.78, 5) is 5.19. The van der Waals surface area contributed by atoms with E-state index in [1.165, 1.54) is 64.8 Å². The number of likely N-dealkylation sites (tertiary alicyclic amines) is 1. The second-order valence-corrected chi connectivity index (χ2v) is 6.28. The van der Waals surface area contributed by atoms with Gasteiger partial charge in [-0.05, 0) is 58.3 Å². The summed E-state index contributed by atoms with van der Waals surface area (Å²) in [5.41, 5.74) is 0. The van der Waals surface area contributed by atoms with Crippen molar-refractivity contribution in [3.8, 4) is 0 Å². The van der Waals surface area contributed by atoms with Crippen LogP contribution in [0.4, 0.5) is 0 Å². The minimum absolute atomic E-state index is 0.795. The molecule has 3 heteroatoms. The molecule has 3 rings (SSSR count). The van der Waals surface area contributed by atoms with Gasteiger partial charge >= 0.3 is 0 Å². The molecular weight excluding hydrogens is 210 g/mol. The van der Waals surface area contributed by atoms with Gasteiger partial charge in [0.2, 0.25) is 0 Å². The number of nitrogens with one attached hydrogen (secondary N) is 1. The van der Waals surface area contributed by atoms with Gasteiger partial charge in [0.25, 0.3) is 0 Å². The summed E-state index contributed by atoms with van der Waals surface area (Å²) < 4.78 is 0. The second-order valence-electron chi connectivity index (χ2n) is 6.28. The molecule has 3 heterocycles. The maximum atomic E-state index is 3.88. The van der Waals surface area contributed by atoms with Gasteiger partial charge < -0.3 is 15.1 Å². The van der Waals surface area contributed by atoms with Crippen LogP contribution in [0.1, 0.15) is 32.1 Å². The molecule has 98 valence electrons. The fraction of sp³-hybridized carbons (Fsp3) is 1.00. The smallest absolute Gasteiger partial charge is 0.0217 e. The third-order valence-corrected chi connectivity index (χ3v) is 5.17. The molecule has 4 atom stereocenters. The van der Waals surface area contributed by atoms with Crippen molar-refractivity contribution in [1.82, 2.24) is 15.1 Å². The molecule has 1 N–H and O–H groups in total. The SMILES string of the molecule is CN1CCCCC1CNC1CCN2CCC1C2. The van der Waals surface area contributed by atoms with Crippen molar-refractivity contribution >= 4 is 0 Å². The van der Waals surface area contributed by atoms with E-state index in [0.29, 0.717) is 0 Å². The predicted molar refractivity (Wildman–Crippen MR) is 71.2 cm³/mol. The molecule has 3 saturated heterocycles. The molecule has 2 bridgehead atoms. The van der Waals surface area contributed by atoms with E-state index in [0.717, 1.165) is 18.0 Å². The van der Waals surface area contributed by atoms with Crippen LogP contribution in [0.2, 0.25) is 0 Å². The summed E-state index contributed by atoms with van der Waals surface area (Å²) in [5, 5.41) is 3.88. The van der Waals surface area contributed by atoms with E-state index in [9.17, 15) is 0 Å². The van der Waals surface area contributed by atoms with E-state index in [4.69, 9.17) is 0 Å². The van der Waals surface area contributed by atoms with Crippen LogP contribution in [0.5, 0.6) is 0 Å². The molecule has 0 aromatic heterocycles. The fourth-order valence-corrected chi connectivity index (χ4v) is 3.91. The Balaban J connectivity index is 1.47. The molecule has 17 heavy (non-hydrogen) atoms. The predicted octanol–water partition coefficient (Wildman–Crippen LogP) is 1.15. The highest BCUT2D eigenvalue weighted by atomic mass is 15.2. The Labute approximate surface area is 106 Å². The number of nitrogens with zero attached hydrogens (tertiary/aromatic N) is 2. The van der Waals surface area contributed by atoms with Gasteiger partial charge in [-0.25, -0.2) is 0 Å². The van der Waals surface area contributed by atoms with Crippen molar-refractivity contribution in [2.75, 3.05) is 39.8 Å². The third kappa shape index (κ3) is 2.67. The average molecular weight is 237 g/mol. The van der Waals surface area contributed by atoms with Crippen molar-refractivity contribution in [2.24, 2.45) is 5.92 Å². The third-order valence-electron chi connectivity index (χ3n) is 5.17. The van der Waals surface area contributed by atoms with Crippen LogP contribution in [0, 0.1) is 5.92 Å². The van der Waals surface area contributed by atoms with Crippen LogP contribution >= 0.6 is 0 Å². The number of fused-ring (bicyclic) bond motifs is 2. The maximum Gasteiger partial charge on any atom is 0.0217 e. The summed E-state index contributed by atoms with van der Waals surface area (Å²) in [6.07, 6.45) is 7.03. The van der Waals surface area contributed by atoms with Crippen molar-refractivity contribution < 1.29 is 0 Å². The van der Waals surface area contributed by atoms with Crippen molar-refractivity contribution in [3.05, 3.63) is 0 Å². The van der Waals surface area contributed by atoms with Gasteiger partial charge in [-0.15, -0.1) is 0 Å². The van der Waals surface area contributed by atoms with Gasteiger partial charge in [0.1, 0.15) is 0 Å². The van der Waals surface area contributed by atoms with Crippen molar-refractivity contribution in [2.45, 2.75) is 44.2 Å². The highest BCUT2D eigenvalue weighted by molar-refractivity contribution is 4.91. The molecular formula is C14H27N3. The highest BCUT2D eigenvalue weighted by Gasteiger charge is 2.34. The van der Waals surface area contributed by atoms with E-state index >= 15 is 0 Å². The number of hydrogen-bond donors (Lipinski definition) is 1. The van der Waals surface area contributed by atoms with E-state index < -0.39 is 0 Å². The van der Waals surface area contributed by atoms with Crippen LogP contribution in [0.3, 0.4) is 0 Å². The molecule has 3 nitrogen and oxygen atoms in total. The van der Waals surface area contributed by atoms with E-state index in [-0.39, 0.29) is 0 Å². The monoisotopic (exact) mass is 237 g/mol. The second kappa shape index (κ2) is 5.25. The summed E-state index contributed by atoms with van der Waals surface area (Å²) in [6, 6.07) is 1.60. The minimum Gasteiger partial charge on any atom is -0.312 e. The molecule has 0 amide bonds. The highest BCUT2D eigenvalue weighted by Crippen LogP contribution is 2.27. The first-order valence-corrected chi connectivity index (χ1v) is 7.49. The lowest BCUT2D eigenvalue weighted by molar-refractivity contribution is 0.161. The van der Waals surface area contributed by atoms with Crippen LogP contribution in [0.25, 0.3) is 0 Å². The lowest BCUT2D eigenvalue weighted by atomic mass is 9.93. The maximum absolute atomic E-state index is 3.88. The Hall–Kier alpha value is -0.120.